The largest absolute Gasteiger partial charge is 0.494 e. The van der Waals surface area contributed by atoms with Crippen LogP contribution in [0.5, 0.6) is 5.75 Å². The maximum atomic E-state index is 6.11. The predicted octanol–water partition coefficient (Wildman–Crippen LogP) is 9.46. The van der Waals surface area contributed by atoms with Crippen molar-refractivity contribution in [3.05, 3.63) is 137 Å². The molecule has 0 saturated carbocycles. The Morgan fingerprint density at radius 1 is 0.622 bits per heavy atom. The zero-order chi connectivity index (χ0) is 25.1. The summed E-state index contributed by atoms with van der Waals surface area (Å²) in [5.41, 5.74) is 9.66. The van der Waals surface area contributed by atoms with Gasteiger partial charge in [-0.05, 0) is 95.4 Å². The van der Waals surface area contributed by atoms with Crippen LogP contribution in [0, 0.1) is 0 Å². The van der Waals surface area contributed by atoms with Gasteiger partial charge < -0.3 is 4.74 Å². The SMILES string of the molecule is c1ccc(CSCCCCCOc2ccc(C3=C(c4ccccc4)CCCc4ccccc43)cc2)cc1. The van der Waals surface area contributed by atoms with Gasteiger partial charge in [0.25, 0.3) is 0 Å². The van der Waals surface area contributed by atoms with Crippen molar-refractivity contribution in [2.24, 2.45) is 0 Å². The molecular formula is C35H36OS. The molecule has 4 aromatic rings. The van der Waals surface area contributed by atoms with E-state index in [2.05, 4.69) is 109 Å². The molecule has 2 heteroatoms. The van der Waals surface area contributed by atoms with E-state index in [-0.39, 0.29) is 0 Å². The summed E-state index contributed by atoms with van der Waals surface area (Å²) >= 11 is 2.03. The fourth-order valence-corrected chi connectivity index (χ4v) is 6.12. The highest BCUT2D eigenvalue weighted by atomic mass is 32.2. The summed E-state index contributed by atoms with van der Waals surface area (Å²) in [6.07, 6.45) is 6.96. The van der Waals surface area contributed by atoms with Gasteiger partial charge >= 0.3 is 0 Å². The van der Waals surface area contributed by atoms with Crippen LogP contribution in [0.3, 0.4) is 0 Å². The average Bonchev–Trinajstić information content (AvgIpc) is 3.16. The summed E-state index contributed by atoms with van der Waals surface area (Å²) in [6, 6.07) is 39.3. The molecule has 37 heavy (non-hydrogen) atoms. The lowest BCUT2D eigenvalue weighted by Crippen LogP contribution is -1.99. The van der Waals surface area contributed by atoms with Gasteiger partial charge in [0, 0.05) is 5.75 Å². The molecule has 0 amide bonds. The van der Waals surface area contributed by atoms with E-state index in [9.17, 15) is 0 Å². The molecule has 4 aromatic carbocycles. The summed E-state index contributed by atoms with van der Waals surface area (Å²) < 4.78 is 6.11. The molecular weight excluding hydrogens is 468 g/mol. The molecule has 0 radical (unpaired) electrons. The molecule has 1 aliphatic rings. The zero-order valence-electron chi connectivity index (χ0n) is 21.6. The lowest BCUT2D eigenvalue weighted by atomic mass is 9.88. The normalized spacial score (nSPS) is 13.2. The molecule has 0 heterocycles. The highest BCUT2D eigenvalue weighted by Gasteiger charge is 2.19. The van der Waals surface area contributed by atoms with Crippen LogP contribution in [0.15, 0.2) is 109 Å². The van der Waals surface area contributed by atoms with E-state index in [1.807, 2.05) is 11.8 Å². The van der Waals surface area contributed by atoms with Gasteiger partial charge in [0.1, 0.15) is 5.75 Å². The summed E-state index contributed by atoms with van der Waals surface area (Å²) in [7, 11) is 0. The topological polar surface area (TPSA) is 9.23 Å². The van der Waals surface area contributed by atoms with E-state index in [1.54, 1.807) is 0 Å². The number of aryl methyl sites for hydroxylation is 1. The van der Waals surface area contributed by atoms with Gasteiger partial charge in [0.05, 0.1) is 6.61 Å². The summed E-state index contributed by atoms with van der Waals surface area (Å²) in [5, 5.41) is 0. The number of thioether (sulfide) groups is 1. The van der Waals surface area contributed by atoms with Crippen LogP contribution in [0.2, 0.25) is 0 Å². The van der Waals surface area contributed by atoms with E-state index in [0.29, 0.717) is 0 Å². The third-order valence-electron chi connectivity index (χ3n) is 7.04. The molecule has 1 nitrogen and oxygen atoms in total. The lowest BCUT2D eigenvalue weighted by molar-refractivity contribution is 0.306. The van der Waals surface area contributed by atoms with Crippen molar-refractivity contribution in [3.8, 4) is 5.75 Å². The first-order valence-electron chi connectivity index (χ1n) is 13.6. The number of benzene rings is 4. The fraction of sp³-hybridized carbons (Fsp3) is 0.257. The number of hydrogen-bond donors (Lipinski definition) is 0. The molecule has 0 bridgehead atoms. The Balaban J connectivity index is 1.19. The van der Waals surface area contributed by atoms with Gasteiger partial charge in [-0.15, -0.1) is 0 Å². The van der Waals surface area contributed by atoms with Crippen molar-refractivity contribution in [2.75, 3.05) is 12.4 Å². The number of unbranched alkanes of at least 4 members (excludes halogenated alkanes) is 2. The van der Waals surface area contributed by atoms with E-state index in [1.165, 1.54) is 64.0 Å². The molecule has 0 fully saturated rings. The fourth-order valence-electron chi connectivity index (χ4n) is 5.14. The Kier molecular flexibility index (Phi) is 9.17. The second-order valence-electron chi connectivity index (χ2n) is 9.70. The third-order valence-corrected chi connectivity index (χ3v) is 8.15. The maximum Gasteiger partial charge on any atom is 0.119 e. The highest BCUT2D eigenvalue weighted by Crippen LogP contribution is 2.40. The van der Waals surface area contributed by atoms with Crippen molar-refractivity contribution in [1.82, 2.24) is 0 Å². The Labute approximate surface area is 226 Å². The average molecular weight is 505 g/mol. The number of ether oxygens (including phenoxy) is 1. The van der Waals surface area contributed by atoms with Crippen LogP contribution in [0.4, 0.5) is 0 Å². The van der Waals surface area contributed by atoms with Crippen LogP contribution < -0.4 is 4.74 Å². The van der Waals surface area contributed by atoms with Gasteiger partial charge in [-0.25, -0.2) is 0 Å². The highest BCUT2D eigenvalue weighted by molar-refractivity contribution is 7.98. The van der Waals surface area contributed by atoms with Gasteiger partial charge in [0.15, 0.2) is 0 Å². The quantitative estimate of drug-likeness (QED) is 0.188. The van der Waals surface area contributed by atoms with Crippen LogP contribution in [-0.2, 0) is 12.2 Å². The Morgan fingerprint density at radius 3 is 2.16 bits per heavy atom. The molecule has 0 N–H and O–H groups in total. The first-order chi connectivity index (χ1) is 18.4. The number of allylic oxidation sites excluding steroid dienone is 1. The van der Waals surface area contributed by atoms with Crippen molar-refractivity contribution >= 4 is 22.9 Å². The summed E-state index contributed by atoms with van der Waals surface area (Å²) in [4.78, 5) is 0. The van der Waals surface area contributed by atoms with Gasteiger partial charge in [-0.3, -0.25) is 0 Å². The predicted molar refractivity (Wildman–Crippen MR) is 160 cm³/mol. The van der Waals surface area contributed by atoms with Gasteiger partial charge in [-0.2, -0.15) is 11.8 Å². The molecule has 0 spiro atoms. The van der Waals surface area contributed by atoms with Gasteiger partial charge in [-0.1, -0.05) is 97.1 Å². The number of fused-ring (bicyclic) bond motifs is 1. The molecule has 0 saturated heterocycles. The van der Waals surface area contributed by atoms with Crippen molar-refractivity contribution in [1.29, 1.82) is 0 Å². The standard InChI is InChI=1S/C35H36OS/c1-4-13-28(14-5-1)27-37-26-11-3-10-25-36-32-23-21-31(22-24-32)35-33-19-9-8-17-30(33)18-12-20-34(35)29-15-6-2-7-16-29/h1-2,4-9,13-17,19,21-24H,3,10-12,18,20,25-27H2. The molecule has 0 aromatic heterocycles. The molecule has 0 unspecified atom stereocenters. The Morgan fingerprint density at radius 2 is 1.35 bits per heavy atom. The van der Waals surface area contributed by atoms with E-state index in [0.717, 1.165) is 37.4 Å². The smallest absolute Gasteiger partial charge is 0.119 e. The summed E-state index contributed by atoms with van der Waals surface area (Å²) in [5.74, 6) is 3.28. The molecule has 0 atom stereocenters. The van der Waals surface area contributed by atoms with E-state index < -0.39 is 0 Å². The Hall–Kier alpha value is -3.23. The zero-order valence-corrected chi connectivity index (χ0v) is 22.4. The molecule has 0 aliphatic heterocycles. The van der Waals surface area contributed by atoms with E-state index >= 15 is 0 Å². The monoisotopic (exact) mass is 504 g/mol. The van der Waals surface area contributed by atoms with Crippen LogP contribution in [-0.4, -0.2) is 12.4 Å². The van der Waals surface area contributed by atoms with Crippen molar-refractivity contribution in [3.63, 3.8) is 0 Å². The molecule has 188 valence electrons. The number of hydrogen-bond acceptors (Lipinski definition) is 2. The first kappa shape index (κ1) is 25.4. The van der Waals surface area contributed by atoms with Crippen LogP contribution >= 0.6 is 11.8 Å². The second kappa shape index (κ2) is 13.4. The van der Waals surface area contributed by atoms with Crippen molar-refractivity contribution in [2.45, 2.75) is 44.3 Å². The second-order valence-corrected chi connectivity index (χ2v) is 10.8. The maximum absolute atomic E-state index is 6.11. The Bertz CT molecular complexity index is 1280. The minimum Gasteiger partial charge on any atom is -0.494 e. The molecule has 5 rings (SSSR count). The van der Waals surface area contributed by atoms with E-state index in [4.69, 9.17) is 4.74 Å². The van der Waals surface area contributed by atoms with Crippen LogP contribution in [0.25, 0.3) is 11.1 Å². The minimum absolute atomic E-state index is 0.781. The van der Waals surface area contributed by atoms with Crippen molar-refractivity contribution < 1.29 is 4.74 Å². The summed E-state index contributed by atoms with van der Waals surface area (Å²) in [6.45, 7) is 0.781. The third kappa shape index (κ3) is 6.96. The lowest BCUT2D eigenvalue weighted by Gasteiger charge is -2.17. The van der Waals surface area contributed by atoms with Crippen LogP contribution in [0.1, 0.15) is 59.9 Å². The molecule has 1 aliphatic carbocycles. The first-order valence-corrected chi connectivity index (χ1v) is 14.8. The minimum atomic E-state index is 0.781. The van der Waals surface area contributed by atoms with Gasteiger partial charge in [0.2, 0.25) is 0 Å². The number of rotatable bonds is 11.